The predicted octanol–water partition coefficient (Wildman–Crippen LogP) is 7.78. The topological polar surface area (TPSA) is 135 Å². The predicted molar refractivity (Wildman–Crippen MR) is 161 cm³/mol. The van der Waals surface area contributed by atoms with E-state index < -0.39 is 9.85 Å². The standard InChI is InChI=1S/C33H26N4O5/c38-25(17-28(21-9-13-23(14-10-21)36(39)40)30-19-34-32-7-3-1-5-26(30)32)18-29(22-11-15-24(16-12-22)37(41)42)31-20-35-33-8-4-2-6-27(31)33/h1-16,19-20,28-29,34-35H,17-18H2. The van der Waals surface area contributed by atoms with Gasteiger partial charge in [-0.05, 0) is 34.4 Å². The van der Waals surface area contributed by atoms with Crippen LogP contribution in [0.25, 0.3) is 21.8 Å². The third kappa shape index (κ3) is 5.15. The van der Waals surface area contributed by atoms with Gasteiger partial charge < -0.3 is 9.97 Å². The second-order valence-electron chi connectivity index (χ2n) is 10.3. The number of hydrogen-bond donors (Lipinski definition) is 2. The zero-order valence-electron chi connectivity index (χ0n) is 22.4. The largest absolute Gasteiger partial charge is 0.361 e. The van der Waals surface area contributed by atoms with E-state index in [0.29, 0.717) is 0 Å². The maximum atomic E-state index is 14.0. The molecule has 0 spiro atoms. The highest BCUT2D eigenvalue weighted by Gasteiger charge is 2.27. The minimum atomic E-state index is -0.439. The van der Waals surface area contributed by atoms with Gasteiger partial charge >= 0.3 is 0 Å². The SMILES string of the molecule is O=C(CC(c1ccc([N+](=O)[O-])cc1)c1c[nH]c2ccccc12)CC(c1ccc([N+](=O)[O-])cc1)c1c[nH]c2ccccc12. The molecule has 0 bridgehead atoms. The Kier molecular flexibility index (Phi) is 7.06. The summed E-state index contributed by atoms with van der Waals surface area (Å²) in [4.78, 5) is 42.3. The molecule has 2 aromatic heterocycles. The molecule has 2 heterocycles. The van der Waals surface area contributed by atoms with Crippen LogP contribution in [-0.4, -0.2) is 25.6 Å². The molecule has 0 fully saturated rings. The molecular weight excluding hydrogens is 532 g/mol. The number of nitro groups is 2. The number of nitrogens with one attached hydrogen (secondary N) is 2. The third-order valence-corrected chi connectivity index (χ3v) is 7.87. The van der Waals surface area contributed by atoms with Crippen LogP contribution in [-0.2, 0) is 4.79 Å². The number of para-hydroxylation sites is 2. The molecular formula is C33H26N4O5. The highest BCUT2D eigenvalue weighted by Crippen LogP contribution is 2.38. The lowest BCUT2D eigenvalue weighted by atomic mass is 9.82. The number of Topliss-reactive ketones (excluding diaryl/α,β-unsaturated/α-hetero) is 1. The molecule has 0 radical (unpaired) electrons. The number of nitrogens with zero attached hydrogens (tertiary/aromatic N) is 2. The van der Waals surface area contributed by atoms with Gasteiger partial charge in [0.1, 0.15) is 5.78 Å². The molecule has 0 saturated heterocycles. The van der Waals surface area contributed by atoms with Crippen LogP contribution in [0.2, 0.25) is 0 Å². The number of rotatable bonds is 10. The molecule has 6 aromatic rings. The molecule has 0 aliphatic rings. The number of hydrogen-bond acceptors (Lipinski definition) is 5. The van der Waals surface area contributed by atoms with Crippen LogP contribution < -0.4 is 0 Å². The van der Waals surface area contributed by atoms with Crippen LogP contribution in [0.5, 0.6) is 0 Å². The van der Waals surface area contributed by atoms with Gasteiger partial charge in [-0.1, -0.05) is 60.7 Å². The van der Waals surface area contributed by atoms with Crippen molar-refractivity contribution in [1.82, 2.24) is 9.97 Å². The highest BCUT2D eigenvalue weighted by atomic mass is 16.6. The molecule has 0 aliphatic carbocycles. The molecule has 0 aliphatic heterocycles. The van der Waals surface area contributed by atoms with E-state index in [2.05, 4.69) is 9.97 Å². The van der Waals surface area contributed by atoms with E-state index >= 15 is 0 Å². The molecule has 2 unspecified atom stereocenters. The number of carbonyl (C=O) groups excluding carboxylic acids is 1. The second kappa shape index (κ2) is 11.1. The molecule has 2 N–H and O–H groups in total. The Bertz CT molecular complexity index is 1780. The molecule has 0 amide bonds. The van der Waals surface area contributed by atoms with Crippen molar-refractivity contribution in [1.29, 1.82) is 0 Å². The Morgan fingerprint density at radius 1 is 0.595 bits per heavy atom. The van der Waals surface area contributed by atoms with Gasteiger partial charge in [-0.15, -0.1) is 0 Å². The van der Waals surface area contributed by atoms with Crippen LogP contribution in [0.4, 0.5) is 11.4 Å². The van der Waals surface area contributed by atoms with E-state index in [1.165, 1.54) is 24.3 Å². The van der Waals surface area contributed by atoms with E-state index in [9.17, 15) is 25.0 Å². The lowest BCUT2D eigenvalue weighted by molar-refractivity contribution is -0.385. The number of aromatic amines is 2. The Morgan fingerprint density at radius 2 is 0.976 bits per heavy atom. The first kappa shape index (κ1) is 26.6. The van der Waals surface area contributed by atoms with Gasteiger partial charge in [0.15, 0.2) is 0 Å². The summed E-state index contributed by atoms with van der Waals surface area (Å²) in [6.45, 7) is 0. The molecule has 42 heavy (non-hydrogen) atoms. The first-order valence-electron chi connectivity index (χ1n) is 13.5. The fraction of sp³-hybridized carbons (Fsp3) is 0.121. The lowest BCUT2D eigenvalue weighted by Crippen LogP contribution is -2.13. The van der Waals surface area contributed by atoms with E-state index in [-0.39, 0.29) is 41.8 Å². The Balaban J connectivity index is 1.37. The van der Waals surface area contributed by atoms with E-state index in [1.807, 2.05) is 60.9 Å². The average molecular weight is 559 g/mol. The van der Waals surface area contributed by atoms with Crippen molar-refractivity contribution in [2.24, 2.45) is 0 Å². The molecule has 0 saturated carbocycles. The smallest absolute Gasteiger partial charge is 0.269 e. The number of carbonyl (C=O) groups is 1. The summed E-state index contributed by atoms with van der Waals surface area (Å²) in [5, 5.41) is 24.5. The number of fused-ring (bicyclic) bond motifs is 2. The van der Waals surface area contributed by atoms with Crippen molar-refractivity contribution in [2.45, 2.75) is 24.7 Å². The first-order chi connectivity index (χ1) is 20.4. The summed E-state index contributed by atoms with van der Waals surface area (Å²) in [7, 11) is 0. The van der Waals surface area contributed by atoms with Gasteiger partial charge in [0.05, 0.1) is 9.85 Å². The summed E-state index contributed by atoms with van der Waals surface area (Å²) in [6.07, 6.45) is 4.14. The molecule has 2 atom stereocenters. The summed E-state index contributed by atoms with van der Waals surface area (Å²) in [5.74, 6) is -0.679. The van der Waals surface area contributed by atoms with E-state index in [1.54, 1.807) is 24.3 Å². The van der Waals surface area contributed by atoms with Gasteiger partial charge in [0.2, 0.25) is 0 Å². The molecule has 6 rings (SSSR count). The van der Waals surface area contributed by atoms with Crippen LogP contribution in [0.1, 0.15) is 46.9 Å². The van der Waals surface area contributed by atoms with Crippen molar-refractivity contribution in [3.8, 4) is 0 Å². The third-order valence-electron chi connectivity index (χ3n) is 7.87. The number of aromatic nitrogens is 2. The van der Waals surface area contributed by atoms with Crippen molar-refractivity contribution in [3.63, 3.8) is 0 Å². The van der Waals surface area contributed by atoms with Crippen molar-refractivity contribution >= 4 is 39.0 Å². The fourth-order valence-electron chi connectivity index (χ4n) is 5.77. The summed E-state index contributed by atoms with van der Waals surface area (Å²) < 4.78 is 0. The normalized spacial score (nSPS) is 12.8. The summed E-state index contributed by atoms with van der Waals surface area (Å²) >= 11 is 0. The minimum Gasteiger partial charge on any atom is -0.361 e. The minimum absolute atomic E-state index is 0.00253. The number of benzene rings is 4. The zero-order valence-corrected chi connectivity index (χ0v) is 22.4. The monoisotopic (exact) mass is 558 g/mol. The second-order valence-corrected chi connectivity index (χ2v) is 10.3. The van der Waals surface area contributed by atoms with Crippen LogP contribution in [0.3, 0.4) is 0 Å². The number of H-pyrrole nitrogens is 2. The van der Waals surface area contributed by atoms with Crippen LogP contribution in [0, 0.1) is 20.2 Å². The highest BCUT2D eigenvalue weighted by molar-refractivity contribution is 5.88. The van der Waals surface area contributed by atoms with Crippen molar-refractivity contribution < 1.29 is 14.6 Å². The zero-order chi connectivity index (χ0) is 29.2. The lowest BCUT2D eigenvalue weighted by Gasteiger charge is -2.20. The van der Waals surface area contributed by atoms with Gasteiger partial charge in [0, 0.05) is 83.1 Å². The van der Waals surface area contributed by atoms with Gasteiger partial charge in [-0.2, -0.15) is 0 Å². The van der Waals surface area contributed by atoms with Gasteiger partial charge in [-0.3, -0.25) is 25.0 Å². The average Bonchev–Trinajstić information content (AvgIpc) is 3.63. The Hall–Kier alpha value is -5.57. The van der Waals surface area contributed by atoms with Gasteiger partial charge in [-0.25, -0.2) is 0 Å². The summed E-state index contributed by atoms with van der Waals surface area (Å²) in [6, 6.07) is 28.4. The molecule has 9 nitrogen and oxygen atoms in total. The first-order valence-corrected chi connectivity index (χ1v) is 13.5. The Labute approximate surface area is 240 Å². The van der Waals surface area contributed by atoms with E-state index in [4.69, 9.17) is 0 Å². The number of ketones is 1. The maximum Gasteiger partial charge on any atom is 0.269 e. The summed E-state index contributed by atoms with van der Waals surface area (Å²) in [5.41, 5.74) is 5.33. The van der Waals surface area contributed by atoms with Gasteiger partial charge in [0.25, 0.3) is 11.4 Å². The molecule has 4 aromatic carbocycles. The number of non-ortho nitro benzene ring substituents is 2. The fourth-order valence-corrected chi connectivity index (χ4v) is 5.77. The maximum absolute atomic E-state index is 14.0. The number of nitro benzene ring substituents is 2. The van der Waals surface area contributed by atoms with E-state index in [0.717, 1.165) is 44.1 Å². The quantitative estimate of drug-likeness (QED) is 0.131. The van der Waals surface area contributed by atoms with Crippen molar-refractivity contribution in [2.75, 3.05) is 0 Å². The Morgan fingerprint density at radius 3 is 1.36 bits per heavy atom. The van der Waals surface area contributed by atoms with Crippen LogP contribution >= 0.6 is 0 Å². The molecule has 208 valence electrons. The van der Waals surface area contributed by atoms with Crippen LogP contribution in [0.15, 0.2) is 109 Å². The molecule has 9 heteroatoms. The van der Waals surface area contributed by atoms with Crippen molar-refractivity contribution in [3.05, 3.63) is 152 Å².